The maximum atomic E-state index is 13.6. The van der Waals surface area contributed by atoms with Crippen molar-refractivity contribution in [3.8, 4) is 0 Å². The second-order valence-electron chi connectivity index (χ2n) is 12.9. The van der Waals surface area contributed by atoms with E-state index in [9.17, 15) is 24.1 Å². The molecule has 0 bridgehead atoms. The van der Waals surface area contributed by atoms with Gasteiger partial charge in [-0.3, -0.25) is 13.9 Å². The molecule has 14 heteroatoms. The number of likely N-dealkylation sites (tertiary alicyclic amines) is 1. The first-order valence-electron chi connectivity index (χ1n) is 14.4. The van der Waals surface area contributed by atoms with Crippen LogP contribution in [0, 0.1) is 17.3 Å². The number of nitrogens with zero attached hydrogens (tertiary/aromatic N) is 1. The van der Waals surface area contributed by atoms with E-state index in [-0.39, 0.29) is 30.8 Å². The van der Waals surface area contributed by atoms with Crippen LogP contribution in [0.15, 0.2) is 24.3 Å². The number of rotatable bonds is 12. The first kappa shape index (κ1) is 36.8. The Balaban J connectivity index is 1.92. The Morgan fingerprint density at radius 2 is 1.74 bits per heavy atom. The van der Waals surface area contributed by atoms with Gasteiger partial charge in [0, 0.05) is 23.5 Å². The molecule has 12 nitrogen and oxygen atoms in total. The van der Waals surface area contributed by atoms with Gasteiger partial charge < -0.3 is 35.8 Å². The summed E-state index contributed by atoms with van der Waals surface area (Å²) in [4.78, 5) is 40.1. The summed E-state index contributed by atoms with van der Waals surface area (Å²) in [5.41, 5.74) is 3.48. The van der Waals surface area contributed by atoms with Crippen LogP contribution in [0.5, 0.6) is 0 Å². The lowest BCUT2D eigenvalue weighted by atomic mass is 9.66. The van der Waals surface area contributed by atoms with E-state index >= 15 is 0 Å². The molecule has 1 aliphatic rings. The first-order valence-corrected chi connectivity index (χ1v) is 16.2. The number of carbonyl (C=O) groups excluding carboxylic acids is 3. The van der Waals surface area contributed by atoms with Crippen LogP contribution >= 0.6 is 19.6 Å². The van der Waals surface area contributed by atoms with Gasteiger partial charge in [0.2, 0.25) is 20.7 Å². The lowest BCUT2D eigenvalue weighted by molar-refractivity contribution is -0.155. The molecule has 1 heterocycles. The fourth-order valence-electron chi connectivity index (χ4n) is 4.76. The molecule has 0 aromatic heterocycles. The quantitative estimate of drug-likeness (QED) is 0.146. The van der Waals surface area contributed by atoms with Crippen molar-refractivity contribution in [1.29, 1.82) is 0 Å². The van der Waals surface area contributed by atoms with Crippen molar-refractivity contribution in [2.24, 2.45) is 23.0 Å². The molecule has 1 fully saturated rings. The van der Waals surface area contributed by atoms with Gasteiger partial charge in [0.15, 0.2) is 0 Å². The summed E-state index contributed by atoms with van der Waals surface area (Å²) in [6.45, 7) is 14.1. The summed E-state index contributed by atoms with van der Waals surface area (Å²) in [7, 11) is -2.60. The SMILES string of the molecule is CC(C)C(N)[PH](=O)OCOC(=O)OC(C)(C)CNC(=O)N[C@@H](C(=O)N1CC[C@](O)(c2ccc(Cl)cc2)C(C)(C)C1)C(C)C. The molecule has 5 N–H and O–H groups in total. The number of carbonyl (C=O) groups is 3. The Bertz CT molecular complexity index is 1150. The van der Waals surface area contributed by atoms with Crippen molar-refractivity contribution < 1.29 is 38.1 Å². The molecule has 2 rings (SSSR count). The Hall–Kier alpha value is -2.37. The van der Waals surface area contributed by atoms with Crippen molar-refractivity contribution in [3.05, 3.63) is 34.9 Å². The van der Waals surface area contributed by atoms with E-state index in [2.05, 4.69) is 10.6 Å². The fourth-order valence-corrected chi connectivity index (χ4v) is 5.80. The monoisotopic (exact) mass is 646 g/mol. The number of nitrogens with two attached hydrogens (primary N) is 1. The highest BCUT2D eigenvalue weighted by Gasteiger charge is 2.50. The lowest BCUT2D eigenvalue weighted by Crippen LogP contribution is -2.61. The van der Waals surface area contributed by atoms with Gasteiger partial charge in [-0.1, -0.05) is 65.3 Å². The number of piperidine rings is 1. The number of nitrogens with one attached hydrogen (secondary N) is 2. The zero-order valence-corrected chi connectivity index (χ0v) is 28.1. The van der Waals surface area contributed by atoms with Gasteiger partial charge in [0.25, 0.3) is 0 Å². The largest absolute Gasteiger partial charge is 0.511 e. The third-order valence-corrected chi connectivity index (χ3v) is 9.57. The predicted molar refractivity (Wildman–Crippen MR) is 165 cm³/mol. The maximum absolute atomic E-state index is 13.6. The lowest BCUT2D eigenvalue weighted by Gasteiger charge is -2.51. The van der Waals surface area contributed by atoms with Crippen LogP contribution in [0.2, 0.25) is 5.02 Å². The van der Waals surface area contributed by atoms with Gasteiger partial charge in [0.05, 0.1) is 17.9 Å². The molecule has 1 aromatic rings. The van der Waals surface area contributed by atoms with Gasteiger partial charge in [0.1, 0.15) is 11.6 Å². The predicted octanol–water partition coefficient (Wildman–Crippen LogP) is 4.43. The van der Waals surface area contributed by atoms with Crippen LogP contribution in [0.4, 0.5) is 9.59 Å². The van der Waals surface area contributed by atoms with Crippen LogP contribution in [-0.4, -0.2) is 72.0 Å². The van der Waals surface area contributed by atoms with Crippen LogP contribution in [0.25, 0.3) is 0 Å². The molecule has 3 amide bonds. The van der Waals surface area contributed by atoms with E-state index < -0.39 is 55.4 Å². The Labute approximate surface area is 260 Å². The number of ether oxygens (including phenoxy) is 2. The van der Waals surface area contributed by atoms with Crippen molar-refractivity contribution in [2.45, 2.75) is 84.8 Å². The number of urea groups is 1. The van der Waals surface area contributed by atoms with Crippen molar-refractivity contribution >= 4 is 37.7 Å². The number of amides is 3. The van der Waals surface area contributed by atoms with Gasteiger partial charge in [-0.05, 0) is 49.8 Å². The van der Waals surface area contributed by atoms with Gasteiger partial charge >= 0.3 is 12.2 Å². The number of aliphatic hydroxyl groups is 1. The van der Waals surface area contributed by atoms with E-state index in [0.717, 1.165) is 5.56 Å². The number of hydrogen-bond acceptors (Lipinski definition) is 9. The molecule has 43 heavy (non-hydrogen) atoms. The zero-order valence-electron chi connectivity index (χ0n) is 26.4. The number of halogens is 1. The minimum Gasteiger partial charge on any atom is -0.426 e. The van der Waals surface area contributed by atoms with Crippen molar-refractivity contribution in [3.63, 3.8) is 0 Å². The highest BCUT2D eigenvalue weighted by atomic mass is 35.5. The second kappa shape index (κ2) is 15.1. The van der Waals surface area contributed by atoms with Crippen LogP contribution in [0.3, 0.4) is 0 Å². The average molecular weight is 647 g/mol. The third-order valence-electron chi connectivity index (χ3n) is 7.70. The van der Waals surface area contributed by atoms with E-state index in [1.54, 1.807) is 56.9 Å². The standard InChI is InChI=1S/C29H48ClN4O8P/c1-18(2)22(24(35)34-14-13-29(38,27(5,6)16-34)20-9-11-21(30)12-10-20)33-25(36)32-15-28(7,8)42-26(37)40-17-41-43(39)23(31)19(3)4/h9-12,18-19,22-23,38,43H,13-17,31H2,1-8H3,(H2,32,33,36)/t22-,23?,29+/m1/s1. The molecule has 1 aromatic carbocycles. The normalized spacial score (nSPS) is 20.7. The maximum Gasteiger partial charge on any atom is 0.511 e. The van der Waals surface area contributed by atoms with Gasteiger partial charge in [-0.2, -0.15) is 0 Å². The highest BCUT2D eigenvalue weighted by Crippen LogP contribution is 2.46. The van der Waals surface area contributed by atoms with E-state index in [4.69, 9.17) is 31.3 Å². The molecule has 0 aliphatic carbocycles. The summed E-state index contributed by atoms with van der Waals surface area (Å²) in [6.07, 6.45) is -0.750. The summed E-state index contributed by atoms with van der Waals surface area (Å²) in [5, 5.41) is 17.6. The number of hydrogen-bond donors (Lipinski definition) is 4. The number of benzene rings is 1. The molecule has 1 aliphatic heterocycles. The van der Waals surface area contributed by atoms with E-state index in [0.29, 0.717) is 18.0 Å². The average Bonchev–Trinajstić information content (AvgIpc) is 2.91. The molecule has 1 saturated heterocycles. The molecule has 244 valence electrons. The smallest absolute Gasteiger partial charge is 0.426 e. The Morgan fingerprint density at radius 3 is 2.28 bits per heavy atom. The van der Waals surface area contributed by atoms with Gasteiger partial charge in [-0.25, -0.2) is 9.59 Å². The summed E-state index contributed by atoms with van der Waals surface area (Å²) >= 11 is 6.03. The molecule has 2 unspecified atom stereocenters. The second-order valence-corrected chi connectivity index (χ2v) is 14.9. The summed E-state index contributed by atoms with van der Waals surface area (Å²) in [6, 6.07) is 5.63. The molecular formula is C29H48ClN4O8P. The van der Waals surface area contributed by atoms with Crippen LogP contribution in [-0.2, 0) is 29.0 Å². The van der Waals surface area contributed by atoms with E-state index in [1.165, 1.54) is 0 Å². The Kier molecular flexibility index (Phi) is 12.9. The van der Waals surface area contributed by atoms with Crippen molar-refractivity contribution in [2.75, 3.05) is 26.4 Å². The van der Waals surface area contributed by atoms with Crippen LogP contribution < -0.4 is 16.4 Å². The topological polar surface area (TPSA) is 170 Å². The molecule has 0 saturated carbocycles. The molecule has 0 spiro atoms. The van der Waals surface area contributed by atoms with Crippen molar-refractivity contribution in [1.82, 2.24) is 15.5 Å². The molecule has 4 atom stereocenters. The summed E-state index contributed by atoms with van der Waals surface area (Å²) in [5.74, 6) is -1.21. The third kappa shape index (κ3) is 10.1. The Morgan fingerprint density at radius 1 is 1.14 bits per heavy atom. The minimum atomic E-state index is -2.60. The zero-order chi connectivity index (χ0) is 32.8. The minimum absolute atomic E-state index is 0.0631. The fraction of sp³-hybridized carbons (Fsp3) is 0.690. The molecular weight excluding hydrogens is 599 g/mol. The molecule has 0 radical (unpaired) electrons. The summed E-state index contributed by atoms with van der Waals surface area (Å²) < 4.78 is 27.0. The van der Waals surface area contributed by atoms with Crippen LogP contribution in [0.1, 0.15) is 67.4 Å². The highest BCUT2D eigenvalue weighted by molar-refractivity contribution is 7.39. The first-order chi connectivity index (χ1) is 19.8. The van der Waals surface area contributed by atoms with E-state index in [1.807, 2.05) is 27.7 Å². The van der Waals surface area contributed by atoms with Gasteiger partial charge in [-0.15, -0.1) is 0 Å².